The Bertz CT molecular complexity index is 694. The Labute approximate surface area is 155 Å². The summed E-state index contributed by atoms with van der Waals surface area (Å²) in [5.41, 5.74) is 2.30. The van der Waals surface area contributed by atoms with Gasteiger partial charge in [0.1, 0.15) is 0 Å². The number of carbonyl (C=O) groups excluding carboxylic acids is 1. The van der Waals surface area contributed by atoms with E-state index in [-0.39, 0.29) is 5.91 Å². The highest BCUT2D eigenvalue weighted by Crippen LogP contribution is 2.08. The summed E-state index contributed by atoms with van der Waals surface area (Å²) in [7, 11) is 0. The minimum absolute atomic E-state index is 0.0587. The second-order valence-corrected chi connectivity index (χ2v) is 6.51. The van der Waals surface area contributed by atoms with E-state index in [4.69, 9.17) is 0 Å². The van der Waals surface area contributed by atoms with Crippen LogP contribution in [0.5, 0.6) is 0 Å². The van der Waals surface area contributed by atoms with E-state index in [1.165, 1.54) is 5.56 Å². The number of hydrogen-bond donors (Lipinski definition) is 1. The highest BCUT2D eigenvalue weighted by molar-refractivity contribution is 5.91. The van der Waals surface area contributed by atoms with Gasteiger partial charge in [0.25, 0.3) is 0 Å². The molecule has 0 unspecified atom stereocenters. The molecule has 1 aliphatic heterocycles. The predicted molar refractivity (Wildman–Crippen MR) is 104 cm³/mol. The minimum atomic E-state index is -0.0587. The second kappa shape index (κ2) is 9.85. The van der Waals surface area contributed by atoms with Crippen molar-refractivity contribution in [1.82, 2.24) is 20.1 Å². The van der Waals surface area contributed by atoms with Crippen LogP contribution in [-0.4, -0.2) is 60.0 Å². The van der Waals surface area contributed by atoms with Gasteiger partial charge in [-0.05, 0) is 23.3 Å². The first kappa shape index (κ1) is 18.3. The van der Waals surface area contributed by atoms with Gasteiger partial charge in [0.15, 0.2) is 0 Å². The van der Waals surface area contributed by atoms with Crippen molar-refractivity contribution in [3.63, 3.8) is 0 Å². The lowest BCUT2D eigenvalue weighted by molar-refractivity contribution is -0.116. The fraction of sp³-hybridized carbons (Fsp3) is 0.333. The predicted octanol–water partition coefficient (Wildman–Crippen LogP) is 2.03. The molecule has 136 valence electrons. The summed E-state index contributed by atoms with van der Waals surface area (Å²) in [6.07, 6.45) is 6.80. The maximum atomic E-state index is 11.9. The van der Waals surface area contributed by atoms with Crippen molar-refractivity contribution in [3.8, 4) is 0 Å². The monoisotopic (exact) mass is 350 g/mol. The average molecular weight is 350 g/mol. The molecule has 1 aliphatic rings. The maximum absolute atomic E-state index is 11.9. The lowest BCUT2D eigenvalue weighted by Crippen LogP contribution is -2.47. The maximum Gasteiger partial charge on any atom is 0.244 e. The van der Waals surface area contributed by atoms with Crippen LogP contribution in [0, 0.1) is 0 Å². The van der Waals surface area contributed by atoms with Gasteiger partial charge in [-0.15, -0.1) is 0 Å². The number of nitrogens with one attached hydrogen (secondary N) is 1. The molecule has 0 radical (unpaired) electrons. The molecule has 0 spiro atoms. The van der Waals surface area contributed by atoms with Crippen LogP contribution in [-0.2, 0) is 11.3 Å². The molecule has 1 amide bonds. The number of hydrogen-bond acceptors (Lipinski definition) is 4. The Hall–Kier alpha value is -2.50. The number of piperazine rings is 1. The number of aromatic nitrogens is 1. The summed E-state index contributed by atoms with van der Waals surface area (Å²) in [5.74, 6) is -0.0587. The van der Waals surface area contributed by atoms with Crippen LogP contribution < -0.4 is 5.32 Å². The molecule has 1 aromatic carbocycles. The van der Waals surface area contributed by atoms with Crippen LogP contribution in [0.1, 0.15) is 11.1 Å². The zero-order chi connectivity index (χ0) is 18.0. The number of pyridine rings is 1. The van der Waals surface area contributed by atoms with Gasteiger partial charge in [-0.1, -0.05) is 36.4 Å². The largest absolute Gasteiger partial charge is 0.351 e. The first-order valence-corrected chi connectivity index (χ1v) is 9.14. The van der Waals surface area contributed by atoms with E-state index in [0.29, 0.717) is 6.54 Å². The van der Waals surface area contributed by atoms with E-state index in [9.17, 15) is 4.79 Å². The number of carbonyl (C=O) groups is 1. The Morgan fingerprint density at radius 2 is 1.81 bits per heavy atom. The van der Waals surface area contributed by atoms with Gasteiger partial charge >= 0.3 is 0 Å². The van der Waals surface area contributed by atoms with Crippen LogP contribution in [0.2, 0.25) is 0 Å². The van der Waals surface area contributed by atoms with Gasteiger partial charge in [0.2, 0.25) is 5.91 Å². The molecule has 3 rings (SSSR count). The third kappa shape index (κ3) is 6.10. The van der Waals surface area contributed by atoms with Crippen LogP contribution in [0.3, 0.4) is 0 Å². The summed E-state index contributed by atoms with van der Waals surface area (Å²) in [6.45, 7) is 6.83. The lowest BCUT2D eigenvalue weighted by atomic mass is 10.2. The SMILES string of the molecule is O=C(/C=C/c1cccnc1)NCCN1CCN(Cc2ccccc2)CC1. The first-order valence-electron chi connectivity index (χ1n) is 9.14. The van der Waals surface area contributed by atoms with Crippen LogP contribution in [0.15, 0.2) is 60.9 Å². The zero-order valence-corrected chi connectivity index (χ0v) is 15.1. The third-order valence-corrected chi connectivity index (χ3v) is 4.55. The van der Waals surface area contributed by atoms with E-state index in [2.05, 4.69) is 50.4 Å². The van der Waals surface area contributed by atoms with Crippen molar-refractivity contribution in [3.05, 3.63) is 72.1 Å². The molecule has 2 heterocycles. The van der Waals surface area contributed by atoms with Gasteiger partial charge < -0.3 is 5.32 Å². The molecule has 1 N–H and O–H groups in total. The Morgan fingerprint density at radius 3 is 2.54 bits per heavy atom. The Morgan fingerprint density at radius 1 is 1.04 bits per heavy atom. The highest BCUT2D eigenvalue weighted by Gasteiger charge is 2.16. The normalized spacial score (nSPS) is 16.0. The lowest BCUT2D eigenvalue weighted by Gasteiger charge is -2.34. The fourth-order valence-corrected chi connectivity index (χ4v) is 3.06. The van der Waals surface area contributed by atoms with Gasteiger partial charge in [-0.2, -0.15) is 0 Å². The Balaban J connectivity index is 1.31. The molecule has 1 aromatic heterocycles. The molecule has 26 heavy (non-hydrogen) atoms. The van der Waals surface area contributed by atoms with Crippen molar-refractivity contribution in [1.29, 1.82) is 0 Å². The smallest absolute Gasteiger partial charge is 0.244 e. The number of rotatable bonds is 7. The van der Waals surface area contributed by atoms with E-state index >= 15 is 0 Å². The second-order valence-electron chi connectivity index (χ2n) is 6.51. The number of benzene rings is 1. The summed E-state index contributed by atoms with van der Waals surface area (Å²) in [5, 5.41) is 2.95. The number of amides is 1. The van der Waals surface area contributed by atoms with Crippen molar-refractivity contribution in [2.75, 3.05) is 39.3 Å². The molecule has 0 saturated carbocycles. The molecule has 0 aliphatic carbocycles. The molecule has 0 bridgehead atoms. The van der Waals surface area contributed by atoms with Gasteiger partial charge in [-0.25, -0.2) is 0 Å². The van der Waals surface area contributed by atoms with Crippen LogP contribution >= 0.6 is 0 Å². The quantitative estimate of drug-likeness (QED) is 0.777. The van der Waals surface area contributed by atoms with Gasteiger partial charge in [0.05, 0.1) is 0 Å². The minimum Gasteiger partial charge on any atom is -0.351 e. The molecule has 2 aromatic rings. The fourth-order valence-electron chi connectivity index (χ4n) is 3.06. The summed E-state index contributed by atoms with van der Waals surface area (Å²) < 4.78 is 0. The Kier molecular flexibility index (Phi) is 6.93. The molecule has 5 heteroatoms. The van der Waals surface area contributed by atoms with E-state index in [1.54, 1.807) is 24.5 Å². The molecular formula is C21H26N4O. The molecule has 1 saturated heterocycles. The van der Waals surface area contributed by atoms with E-state index in [0.717, 1.165) is 44.8 Å². The number of nitrogens with zero attached hydrogens (tertiary/aromatic N) is 3. The first-order chi connectivity index (χ1) is 12.8. The molecule has 5 nitrogen and oxygen atoms in total. The van der Waals surface area contributed by atoms with Crippen molar-refractivity contribution >= 4 is 12.0 Å². The highest BCUT2D eigenvalue weighted by atomic mass is 16.1. The topological polar surface area (TPSA) is 48.5 Å². The van der Waals surface area contributed by atoms with Crippen LogP contribution in [0.4, 0.5) is 0 Å². The zero-order valence-electron chi connectivity index (χ0n) is 15.1. The molecule has 0 atom stereocenters. The third-order valence-electron chi connectivity index (χ3n) is 4.55. The summed E-state index contributed by atoms with van der Waals surface area (Å²) in [4.78, 5) is 20.8. The molecule has 1 fully saturated rings. The standard InChI is InChI=1S/C21H26N4O/c26-21(9-8-19-7-4-10-22-17-19)23-11-12-24-13-15-25(16-14-24)18-20-5-2-1-3-6-20/h1-10,17H,11-16,18H2,(H,23,26)/b9-8+. The van der Waals surface area contributed by atoms with Crippen molar-refractivity contribution < 1.29 is 4.79 Å². The van der Waals surface area contributed by atoms with Crippen molar-refractivity contribution in [2.45, 2.75) is 6.54 Å². The van der Waals surface area contributed by atoms with Gasteiger partial charge in [-0.3, -0.25) is 19.6 Å². The summed E-state index contributed by atoms with van der Waals surface area (Å²) >= 11 is 0. The average Bonchev–Trinajstić information content (AvgIpc) is 2.69. The van der Waals surface area contributed by atoms with Gasteiger partial charge in [0, 0.05) is 64.3 Å². The molecular weight excluding hydrogens is 324 g/mol. The van der Waals surface area contributed by atoms with Crippen LogP contribution in [0.25, 0.3) is 6.08 Å². The van der Waals surface area contributed by atoms with Crippen molar-refractivity contribution in [2.24, 2.45) is 0 Å². The van der Waals surface area contributed by atoms with E-state index in [1.807, 2.05) is 12.1 Å². The van der Waals surface area contributed by atoms with E-state index < -0.39 is 0 Å². The summed E-state index contributed by atoms with van der Waals surface area (Å²) in [6, 6.07) is 14.4.